The van der Waals surface area contributed by atoms with E-state index in [2.05, 4.69) is 10.1 Å². The molecular formula is C9H9N3O2S. The van der Waals surface area contributed by atoms with Crippen LogP contribution in [0.4, 0.5) is 0 Å². The van der Waals surface area contributed by atoms with Crippen molar-refractivity contribution in [2.75, 3.05) is 7.11 Å². The number of aromatic nitrogens is 3. The number of rotatable bonds is 2. The molecule has 0 aliphatic rings. The highest BCUT2D eigenvalue weighted by Crippen LogP contribution is 2.25. The third-order valence-electron chi connectivity index (χ3n) is 1.98. The summed E-state index contributed by atoms with van der Waals surface area (Å²) in [5, 5.41) is 6.64. The fourth-order valence-electron chi connectivity index (χ4n) is 1.29. The molecule has 0 bridgehead atoms. The van der Waals surface area contributed by atoms with Gasteiger partial charge >= 0.3 is 5.97 Å². The van der Waals surface area contributed by atoms with Crippen LogP contribution in [0.2, 0.25) is 0 Å². The summed E-state index contributed by atoms with van der Waals surface area (Å²) in [6.07, 6.45) is 3.30. The summed E-state index contributed by atoms with van der Waals surface area (Å²) in [6, 6.07) is 0. The number of carbonyl (C=O) groups is 1. The van der Waals surface area contributed by atoms with Crippen molar-refractivity contribution in [2.24, 2.45) is 7.05 Å². The van der Waals surface area contributed by atoms with Gasteiger partial charge in [0.25, 0.3) is 0 Å². The molecule has 0 amide bonds. The second-order valence-corrected chi connectivity index (χ2v) is 3.75. The average molecular weight is 223 g/mol. The minimum absolute atomic E-state index is 0.403. The third-order valence-corrected chi connectivity index (χ3v) is 2.79. The first kappa shape index (κ1) is 9.85. The summed E-state index contributed by atoms with van der Waals surface area (Å²) in [7, 11) is 3.05. The van der Waals surface area contributed by atoms with Crippen LogP contribution in [-0.2, 0) is 11.8 Å². The largest absolute Gasteiger partial charge is 0.464 e. The fraction of sp³-hybridized carbons (Fsp3) is 0.222. The molecule has 0 saturated carbocycles. The number of thiazole rings is 1. The number of hydrogen-bond donors (Lipinski definition) is 0. The number of aryl methyl sites for hydroxylation is 1. The lowest BCUT2D eigenvalue weighted by molar-refractivity contribution is 0.0589. The summed E-state index contributed by atoms with van der Waals surface area (Å²) in [5.74, 6) is -0.403. The predicted octanol–water partition coefficient (Wildman–Crippen LogP) is 1.33. The van der Waals surface area contributed by atoms with Gasteiger partial charge < -0.3 is 4.74 Å². The lowest BCUT2D eigenvalue weighted by atomic mass is 10.2. The van der Waals surface area contributed by atoms with Crippen LogP contribution >= 0.6 is 11.3 Å². The van der Waals surface area contributed by atoms with Gasteiger partial charge in [0.1, 0.15) is 5.01 Å². The molecule has 0 fully saturated rings. The Morgan fingerprint density at radius 3 is 3.00 bits per heavy atom. The van der Waals surface area contributed by atoms with E-state index in [4.69, 9.17) is 4.74 Å². The number of carbonyl (C=O) groups excluding carboxylic acids is 1. The Labute approximate surface area is 90.3 Å². The minimum Gasteiger partial charge on any atom is -0.464 e. The van der Waals surface area contributed by atoms with Crippen LogP contribution in [0.1, 0.15) is 10.5 Å². The quantitative estimate of drug-likeness (QED) is 0.721. The van der Waals surface area contributed by atoms with Crippen molar-refractivity contribution in [3.8, 4) is 10.6 Å². The lowest BCUT2D eigenvalue weighted by Crippen LogP contribution is -2.09. The molecule has 0 N–H and O–H groups in total. The Hall–Kier alpha value is -1.69. The molecule has 2 aromatic rings. The molecule has 2 heterocycles. The highest BCUT2D eigenvalue weighted by Gasteiger charge is 2.19. The summed E-state index contributed by atoms with van der Waals surface area (Å²) in [4.78, 5) is 15.6. The Morgan fingerprint density at radius 1 is 1.60 bits per heavy atom. The molecular weight excluding hydrogens is 214 g/mol. The summed E-state index contributed by atoms with van der Waals surface area (Å²) >= 11 is 1.46. The third kappa shape index (κ3) is 1.63. The van der Waals surface area contributed by atoms with E-state index < -0.39 is 5.97 Å². The highest BCUT2D eigenvalue weighted by molar-refractivity contribution is 7.13. The molecule has 0 saturated heterocycles. The maximum atomic E-state index is 11.5. The zero-order chi connectivity index (χ0) is 10.8. The SMILES string of the molecule is COC(=O)c1c(-c2nccs2)cnn1C. The van der Waals surface area contributed by atoms with Crippen molar-refractivity contribution in [3.63, 3.8) is 0 Å². The van der Waals surface area contributed by atoms with Crippen LogP contribution < -0.4 is 0 Å². The first-order chi connectivity index (χ1) is 7.24. The zero-order valence-electron chi connectivity index (χ0n) is 8.30. The predicted molar refractivity (Wildman–Crippen MR) is 55.7 cm³/mol. The van der Waals surface area contributed by atoms with E-state index in [1.807, 2.05) is 5.38 Å². The first-order valence-electron chi connectivity index (χ1n) is 4.24. The second-order valence-electron chi connectivity index (χ2n) is 2.86. The monoisotopic (exact) mass is 223 g/mol. The standard InChI is InChI=1S/C9H9N3O2S/c1-12-7(9(13)14-2)6(5-11-12)8-10-3-4-15-8/h3-5H,1-2H3. The van der Waals surface area contributed by atoms with Crippen molar-refractivity contribution in [1.82, 2.24) is 14.8 Å². The van der Waals surface area contributed by atoms with Gasteiger partial charge in [-0.2, -0.15) is 5.10 Å². The Kier molecular flexibility index (Phi) is 2.51. The minimum atomic E-state index is -0.403. The molecule has 78 valence electrons. The van der Waals surface area contributed by atoms with Gasteiger partial charge in [-0.1, -0.05) is 0 Å². The van der Waals surface area contributed by atoms with E-state index in [0.717, 1.165) is 5.01 Å². The van der Waals surface area contributed by atoms with Crippen LogP contribution in [0.5, 0.6) is 0 Å². The van der Waals surface area contributed by atoms with Crippen LogP contribution in [0.3, 0.4) is 0 Å². The van der Waals surface area contributed by atoms with Gasteiger partial charge in [-0.25, -0.2) is 9.78 Å². The van der Waals surface area contributed by atoms with Gasteiger partial charge in [0, 0.05) is 18.6 Å². The van der Waals surface area contributed by atoms with Crippen molar-refractivity contribution in [2.45, 2.75) is 0 Å². The molecule has 5 nitrogen and oxygen atoms in total. The smallest absolute Gasteiger partial charge is 0.357 e. The van der Waals surface area contributed by atoms with Crippen molar-refractivity contribution >= 4 is 17.3 Å². The number of methoxy groups -OCH3 is 1. The van der Waals surface area contributed by atoms with Gasteiger partial charge in [-0.05, 0) is 0 Å². The molecule has 0 atom stereocenters. The number of esters is 1. The second kappa shape index (κ2) is 3.82. The molecule has 15 heavy (non-hydrogen) atoms. The van der Waals surface area contributed by atoms with Crippen molar-refractivity contribution < 1.29 is 9.53 Å². The number of ether oxygens (including phenoxy) is 1. The molecule has 0 aromatic carbocycles. The van der Waals surface area contributed by atoms with Crippen molar-refractivity contribution in [3.05, 3.63) is 23.5 Å². The summed E-state index contributed by atoms with van der Waals surface area (Å²) < 4.78 is 6.18. The van der Waals surface area contributed by atoms with Crippen molar-refractivity contribution in [1.29, 1.82) is 0 Å². The van der Waals surface area contributed by atoms with E-state index in [1.54, 1.807) is 19.4 Å². The van der Waals surface area contributed by atoms with Crippen LogP contribution in [-0.4, -0.2) is 27.8 Å². The van der Waals surface area contributed by atoms with E-state index in [0.29, 0.717) is 11.3 Å². The molecule has 0 radical (unpaired) electrons. The lowest BCUT2D eigenvalue weighted by Gasteiger charge is -2.01. The van der Waals surface area contributed by atoms with Gasteiger partial charge in [0.2, 0.25) is 0 Å². The van der Waals surface area contributed by atoms with E-state index in [1.165, 1.54) is 23.1 Å². The summed E-state index contributed by atoms with van der Waals surface area (Å²) in [6.45, 7) is 0. The van der Waals surface area contributed by atoms with Crippen LogP contribution in [0.15, 0.2) is 17.8 Å². The summed E-state index contributed by atoms with van der Waals surface area (Å²) in [5.41, 5.74) is 1.13. The molecule has 0 aliphatic carbocycles. The van der Waals surface area contributed by atoms with Gasteiger partial charge in [0.05, 0.1) is 18.9 Å². The first-order valence-corrected chi connectivity index (χ1v) is 5.12. The normalized spacial score (nSPS) is 10.3. The van der Waals surface area contributed by atoms with E-state index in [9.17, 15) is 4.79 Å². The van der Waals surface area contributed by atoms with Gasteiger partial charge in [0.15, 0.2) is 5.69 Å². The number of hydrogen-bond acceptors (Lipinski definition) is 5. The van der Waals surface area contributed by atoms with E-state index in [-0.39, 0.29) is 0 Å². The fourth-order valence-corrected chi connectivity index (χ4v) is 1.94. The Morgan fingerprint density at radius 2 is 2.40 bits per heavy atom. The van der Waals surface area contributed by atoms with Gasteiger partial charge in [-0.15, -0.1) is 11.3 Å². The molecule has 0 aliphatic heterocycles. The van der Waals surface area contributed by atoms with Crippen LogP contribution in [0.25, 0.3) is 10.6 Å². The molecule has 2 aromatic heterocycles. The maximum absolute atomic E-state index is 11.5. The highest BCUT2D eigenvalue weighted by atomic mass is 32.1. The molecule has 0 spiro atoms. The molecule has 0 unspecified atom stereocenters. The molecule has 2 rings (SSSR count). The Balaban J connectivity index is 2.54. The zero-order valence-corrected chi connectivity index (χ0v) is 9.11. The van der Waals surface area contributed by atoms with Gasteiger partial charge in [-0.3, -0.25) is 4.68 Å². The number of nitrogens with zero attached hydrogens (tertiary/aromatic N) is 3. The maximum Gasteiger partial charge on any atom is 0.357 e. The topological polar surface area (TPSA) is 57.0 Å². The molecule has 6 heteroatoms. The Bertz CT molecular complexity index is 476. The van der Waals surface area contributed by atoms with E-state index >= 15 is 0 Å². The average Bonchev–Trinajstić information content (AvgIpc) is 2.85. The van der Waals surface area contributed by atoms with Crippen LogP contribution in [0, 0.1) is 0 Å².